The number of rotatable bonds is 4. The number of hydrogen-bond acceptors (Lipinski definition) is 4. The topological polar surface area (TPSA) is 63.3 Å². The largest absolute Gasteiger partial charge is 0.467 e. The lowest BCUT2D eigenvalue weighted by Gasteiger charge is -2.37. The third-order valence-corrected chi connectivity index (χ3v) is 4.87. The first-order valence-electron chi connectivity index (χ1n) is 9.08. The van der Waals surface area contributed by atoms with Gasteiger partial charge in [0, 0.05) is 17.4 Å². The highest BCUT2D eigenvalue weighted by molar-refractivity contribution is 6.01. The highest BCUT2D eigenvalue weighted by Crippen LogP contribution is 2.34. The van der Waals surface area contributed by atoms with E-state index in [2.05, 4.69) is 10.4 Å². The first-order chi connectivity index (χ1) is 13.8. The average Bonchev–Trinajstić information content (AvgIpc) is 3.43. The van der Waals surface area contributed by atoms with E-state index in [0.717, 1.165) is 22.7 Å². The maximum Gasteiger partial charge on any atom is 0.258 e. The maximum absolute atomic E-state index is 13.2. The van der Waals surface area contributed by atoms with Crippen molar-refractivity contribution in [2.75, 3.05) is 5.32 Å². The summed E-state index contributed by atoms with van der Waals surface area (Å²) < 4.78 is 7.30. The number of aromatic nitrogens is 2. The number of hydrogen-bond donors (Lipinski definition) is 1. The molecule has 0 spiro atoms. The normalized spacial score (nSPS) is 15.9. The molecule has 0 bridgehead atoms. The van der Waals surface area contributed by atoms with Crippen molar-refractivity contribution in [3.05, 3.63) is 102 Å². The molecule has 138 valence electrons. The van der Waals surface area contributed by atoms with E-state index in [1.807, 2.05) is 77.6 Å². The summed E-state index contributed by atoms with van der Waals surface area (Å²) in [6.45, 7) is 0.369. The lowest BCUT2D eigenvalue weighted by molar-refractivity contribution is 0.0651. The van der Waals surface area contributed by atoms with Gasteiger partial charge in [0.05, 0.1) is 30.3 Å². The van der Waals surface area contributed by atoms with Crippen LogP contribution in [0.3, 0.4) is 0 Å². The van der Waals surface area contributed by atoms with E-state index in [0.29, 0.717) is 12.1 Å². The van der Waals surface area contributed by atoms with Gasteiger partial charge in [-0.15, -0.1) is 0 Å². The highest BCUT2D eigenvalue weighted by atomic mass is 16.3. The number of amides is 1. The Morgan fingerprint density at radius 3 is 2.64 bits per heavy atom. The lowest BCUT2D eigenvalue weighted by Crippen LogP contribution is -2.42. The second kappa shape index (κ2) is 6.74. The van der Waals surface area contributed by atoms with Gasteiger partial charge in [-0.05, 0) is 36.4 Å². The van der Waals surface area contributed by atoms with Crippen LogP contribution in [-0.2, 0) is 6.54 Å². The van der Waals surface area contributed by atoms with Crippen LogP contribution in [0.15, 0.2) is 89.8 Å². The molecule has 1 atom stereocenters. The van der Waals surface area contributed by atoms with Crippen molar-refractivity contribution in [1.29, 1.82) is 0 Å². The lowest BCUT2D eigenvalue weighted by atomic mass is 10.1. The molecular weight excluding hydrogens is 352 g/mol. The fourth-order valence-corrected chi connectivity index (χ4v) is 3.49. The third kappa shape index (κ3) is 2.85. The van der Waals surface area contributed by atoms with E-state index < -0.39 is 0 Å². The van der Waals surface area contributed by atoms with Crippen LogP contribution in [-0.4, -0.2) is 20.6 Å². The number of carbonyl (C=O) groups is 1. The number of nitrogens with zero attached hydrogens (tertiary/aromatic N) is 3. The minimum atomic E-state index is -0.343. The molecule has 0 radical (unpaired) electrons. The monoisotopic (exact) mass is 370 g/mol. The van der Waals surface area contributed by atoms with Crippen molar-refractivity contribution in [3.63, 3.8) is 0 Å². The van der Waals surface area contributed by atoms with E-state index in [1.54, 1.807) is 17.4 Å². The molecule has 4 aromatic rings. The molecule has 0 saturated carbocycles. The number of carbonyl (C=O) groups excluding carboxylic acids is 1. The van der Waals surface area contributed by atoms with Crippen molar-refractivity contribution in [3.8, 4) is 5.69 Å². The van der Waals surface area contributed by atoms with E-state index in [-0.39, 0.29) is 12.1 Å². The predicted molar refractivity (Wildman–Crippen MR) is 105 cm³/mol. The number of fused-ring (bicyclic) bond motifs is 1. The van der Waals surface area contributed by atoms with Gasteiger partial charge in [-0.1, -0.05) is 30.3 Å². The molecule has 0 unspecified atom stereocenters. The van der Waals surface area contributed by atoms with E-state index in [1.165, 1.54) is 0 Å². The van der Waals surface area contributed by atoms with Gasteiger partial charge in [-0.3, -0.25) is 4.79 Å². The maximum atomic E-state index is 13.2. The zero-order valence-electron chi connectivity index (χ0n) is 15.0. The summed E-state index contributed by atoms with van der Waals surface area (Å²) in [5.74, 6) is 0.693. The van der Waals surface area contributed by atoms with E-state index in [9.17, 15) is 4.79 Å². The van der Waals surface area contributed by atoms with Gasteiger partial charge in [0.25, 0.3) is 5.91 Å². The van der Waals surface area contributed by atoms with Crippen molar-refractivity contribution >= 4 is 11.6 Å². The van der Waals surface area contributed by atoms with Crippen LogP contribution in [0.25, 0.3) is 5.69 Å². The molecule has 1 N–H and O–H groups in total. The molecule has 28 heavy (non-hydrogen) atoms. The predicted octanol–water partition coefficient (Wildman–Crippen LogP) is 4.23. The molecule has 6 heteroatoms. The van der Waals surface area contributed by atoms with Crippen LogP contribution in [0.1, 0.15) is 27.8 Å². The SMILES string of the molecule is O=C1c2ccccc2N[C@@H](c2cnn(-c3ccccc3)c2)N1Cc1ccco1. The minimum absolute atomic E-state index is 0.0387. The van der Waals surface area contributed by atoms with Gasteiger partial charge >= 0.3 is 0 Å². The summed E-state index contributed by atoms with van der Waals surface area (Å²) in [6, 6.07) is 21.1. The molecule has 0 saturated heterocycles. The Labute approximate surface area is 162 Å². The smallest absolute Gasteiger partial charge is 0.258 e. The van der Waals surface area contributed by atoms with Crippen LogP contribution in [0.5, 0.6) is 0 Å². The molecule has 1 aliphatic rings. The van der Waals surface area contributed by atoms with Crippen LogP contribution in [0.2, 0.25) is 0 Å². The number of para-hydroxylation sites is 2. The molecule has 1 amide bonds. The van der Waals surface area contributed by atoms with E-state index in [4.69, 9.17) is 4.42 Å². The van der Waals surface area contributed by atoms with Crippen molar-refractivity contribution in [2.45, 2.75) is 12.7 Å². The zero-order chi connectivity index (χ0) is 18.9. The van der Waals surface area contributed by atoms with Gasteiger partial charge in [-0.2, -0.15) is 5.10 Å². The van der Waals surface area contributed by atoms with Gasteiger partial charge in [0.1, 0.15) is 11.9 Å². The summed E-state index contributed by atoms with van der Waals surface area (Å²) in [5.41, 5.74) is 3.34. The van der Waals surface area contributed by atoms with Gasteiger partial charge in [0.15, 0.2) is 0 Å². The molecule has 6 nitrogen and oxygen atoms in total. The van der Waals surface area contributed by atoms with E-state index >= 15 is 0 Å². The average molecular weight is 370 g/mol. The summed E-state index contributed by atoms with van der Waals surface area (Å²) in [6.07, 6.45) is 5.02. The molecule has 3 heterocycles. The number of anilines is 1. The molecule has 2 aromatic carbocycles. The minimum Gasteiger partial charge on any atom is -0.467 e. The van der Waals surface area contributed by atoms with Crippen LogP contribution < -0.4 is 5.32 Å². The molecule has 0 fully saturated rings. The van der Waals surface area contributed by atoms with Crippen molar-refractivity contribution in [2.24, 2.45) is 0 Å². The molecular formula is C22H18N4O2. The number of benzene rings is 2. The Kier molecular flexibility index (Phi) is 3.94. The van der Waals surface area contributed by atoms with Gasteiger partial charge in [-0.25, -0.2) is 4.68 Å². The fourth-order valence-electron chi connectivity index (χ4n) is 3.49. The standard InChI is InChI=1S/C22H18N4O2/c27-22-19-10-4-5-11-20(19)24-21(25(22)15-18-9-6-12-28-18)16-13-23-26(14-16)17-7-2-1-3-8-17/h1-14,21,24H,15H2/t21-/m1/s1. The number of nitrogens with one attached hydrogen (secondary N) is 1. The Balaban J connectivity index is 1.54. The fraction of sp³-hybridized carbons (Fsp3) is 0.0909. The Bertz CT molecular complexity index is 1100. The summed E-state index contributed by atoms with van der Waals surface area (Å²) in [7, 11) is 0. The van der Waals surface area contributed by atoms with Crippen molar-refractivity contribution < 1.29 is 9.21 Å². The Morgan fingerprint density at radius 1 is 1.00 bits per heavy atom. The molecule has 2 aromatic heterocycles. The van der Waals surface area contributed by atoms with Crippen LogP contribution >= 0.6 is 0 Å². The Hall–Kier alpha value is -3.80. The van der Waals surface area contributed by atoms with Crippen LogP contribution in [0.4, 0.5) is 5.69 Å². The second-order valence-electron chi connectivity index (χ2n) is 6.66. The highest BCUT2D eigenvalue weighted by Gasteiger charge is 2.34. The first-order valence-corrected chi connectivity index (χ1v) is 9.08. The molecule has 1 aliphatic heterocycles. The summed E-state index contributed by atoms with van der Waals surface area (Å²) in [5, 5.41) is 7.97. The summed E-state index contributed by atoms with van der Waals surface area (Å²) in [4.78, 5) is 15.0. The molecule has 0 aliphatic carbocycles. The zero-order valence-corrected chi connectivity index (χ0v) is 15.0. The summed E-state index contributed by atoms with van der Waals surface area (Å²) >= 11 is 0. The third-order valence-electron chi connectivity index (χ3n) is 4.87. The first kappa shape index (κ1) is 16.4. The number of furan rings is 1. The molecule has 5 rings (SSSR count). The van der Waals surface area contributed by atoms with Crippen molar-refractivity contribution in [1.82, 2.24) is 14.7 Å². The van der Waals surface area contributed by atoms with Crippen LogP contribution in [0, 0.1) is 0 Å². The quantitative estimate of drug-likeness (QED) is 0.584. The Morgan fingerprint density at radius 2 is 1.82 bits per heavy atom. The second-order valence-corrected chi connectivity index (χ2v) is 6.66. The van der Waals surface area contributed by atoms with Gasteiger partial charge in [0.2, 0.25) is 0 Å². The van der Waals surface area contributed by atoms with Gasteiger partial charge < -0.3 is 14.6 Å².